The smallest absolute Gasteiger partial charge is 0.321 e. The lowest BCUT2D eigenvalue weighted by Crippen LogP contribution is -2.50. The number of aromatic nitrogens is 2. The van der Waals surface area contributed by atoms with Crippen LogP contribution in [0.5, 0.6) is 0 Å². The molecule has 2 heterocycles. The quantitative estimate of drug-likeness (QED) is 0.759. The van der Waals surface area contributed by atoms with Crippen LogP contribution in [0.3, 0.4) is 0 Å². The first kappa shape index (κ1) is 17.7. The number of nitrogens with one attached hydrogen (secondary N) is 2. The number of carbonyl (C=O) groups is 1. The second-order valence-electron chi connectivity index (χ2n) is 5.59. The predicted molar refractivity (Wildman–Crippen MR) is 85.7 cm³/mol. The average molecular weight is 345 g/mol. The van der Waals surface area contributed by atoms with Gasteiger partial charge in [0, 0.05) is 32.4 Å². The van der Waals surface area contributed by atoms with Crippen LogP contribution < -0.4 is 10.0 Å². The summed E-state index contributed by atoms with van der Waals surface area (Å²) in [5.41, 5.74) is 0.601. The van der Waals surface area contributed by atoms with Crippen molar-refractivity contribution < 1.29 is 17.9 Å². The maximum absolute atomic E-state index is 12.3. The van der Waals surface area contributed by atoms with Gasteiger partial charge in [0.2, 0.25) is 10.0 Å². The van der Waals surface area contributed by atoms with Crippen molar-refractivity contribution in [3.63, 3.8) is 0 Å². The zero-order valence-corrected chi connectivity index (χ0v) is 14.2. The minimum atomic E-state index is -3.27. The molecule has 0 radical (unpaired) electrons. The Morgan fingerprint density at radius 1 is 1.52 bits per heavy atom. The third kappa shape index (κ3) is 5.81. The molecule has 2 N–H and O–H groups in total. The minimum absolute atomic E-state index is 0.242. The van der Waals surface area contributed by atoms with Crippen LogP contribution in [-0.2, 0) is 21.3 Å². The van der Waals surface area contributed by atoms with Gasteiger partial charge in [-0.2, -0.15) is 5.10 Å². The van der Waals surface area contributed by atoms with Gasteiger partial charge in [-0.3, -0.25) is 4.68 Å². The number of sulfonamides is 1. The first-order chi connectivity index (χ1) is 10.9. The highest BCUT2D eigenvalue weighted by molar-refractivity contribution is 7.88. The summed E-state index contributed by atoms with van der Waals surface area (Å²) in [6.45, 7) is 2.11. The summed E-state index contributed by atoms with van der Waals surface area (Å²) in [6.07, 6.45) is 5.91. The summed E-state index contributed by atoms with van der Waals surface area (Å²) < 4.78 is 31.8. The van der Waals surface area contributed by atoms with Gasteiger partial charge in [0.15, 0.2) is 0 Å². The number of rotatable bonds is 6. The molecule has 1 saturated heterocycles. The van der Waals surface area contributed by atoms with E-state index in [-0.39, 0.29) is 12.1 Å². The van der Waals surface area contributed by atoms with Crippen LogP contribution in [0.1, 0.15) is 12.8 Å². The SMILES string of the molecule is COCCn1cc(NC(=O)N2CCC[C@H](NS(C)(=O)=O)C2)cn1. The topological polar surface area (TPSA) is 106 Å². The Morgan fingerprint density at radius 2 is 2.30 bits per heavy atom. The summed E-state index contributed by atoms with van der Waals surface area (Å²) in [5, 5.41) is 6.90. The van der Waals surface area contributed by atoms with E-state index < -0.39 is 10.0 Å². The molecule has 1 aliphatic rings. The molecule has 2 amide bonds. The van der Waals surface area contributed by atoms with Crippen molar-refractivity contribution in [2.24, 2.45) is 0 Å². The van der Waals surface area contributed by atoms with E-state index in [2.05, 4.69) is 15.1 Å². The molecule has 23 heavy (non-hydrogen) atoms. The molecule has 1 fully saturated rings. The van der Waals surface area contributed by atoms with Crippen LogP contribution in [-0.4, -0.2) is 68.2 Å². The van der Waals surface area contributed by atoms with Crippen molar-refractivity contribution >= 4 is 21.7 Å². The van der Waals surface area contributed by atoms with Crippen molar-refractivity contribution in [1.29, 1.82) is 0 Å². The Morgan fingerprint density at radius 3 is 3.00 bits per heavy atom. The molecule has 0 saturated carbocycles. The number of carbonyl (C=O) groups excluding carboxylic acids is 1. The Kier molecular flexibility index (Phi) is 5.97. The largest absolute Gasteiger partial charge is 0.383 e. The van der Waals surface area contributed by atoms with Gasteiger partial charge in [0.05, 0.1) is 31.3 Å². The highest BCUT2D eigenvalue weighted by Gasteiger charge is 2.25. The van der Waals surface area contributed by atoms with Gasteiger partial charge >= 0.3 is 6.03 Å². The Hall–Kier alpha value is -1.65. The van der Waals surface area contributed by atoms with Crippen molar-refractivity contribution in [2.45, 2.75) is 25.4 Å². The zero-order chi connectivity index (χ0) is 16.9. The first-order valence-corrected chi connectivity index (χ1v) is 9.31. The molecule has 2 rings (SSSR count). The number of anilines is 1. The summed E-state index contributed by atoms with van der Waals surface area (Å²) in [5.74, 6) is 0. The average Bonchev–Trinajstić information content (AvgIpc) is 2.91. The second-order valence-corrected chi connectivity index (χ2v) is 7.37. The summed E-state index contributed by atoms with van der Waals surface area (Å²) in [6, 6.07) is -0.495. The number of ether oxygens (including phenoxy) is 1. The molecule has 9 nitrogen and oxygen atoms in total. The number of likely N-dealkylation sites (tertiary alicyclic amines) is 1. The molecule has 1 aromatic rings. The van der Waals surface area contributed by atoms with Crippen molar-refractivity contribution in [2.75, 3.05) is 38.4 Å². The highest BCUT2D eigenvalue weighted by Crippen LogP contribution is 2.13. The van der Waals surface area contributed by atoms with Crippen LogP contribution in [0.2, 0.25) is 0 Å². The van der Waals surface area contributed by atoms with E-state index in [4.69, 9.17) is 4.74 Å². The lowest BCUT2D eigenvalue weighted by atomic mass is 10.1. The normalized spacial score (nSPS) is 18.9. The summed E-state index contributed by atoms with van der Waals surface area (Å²) >= 11 is 0. The Balaban J connectivity index is 1.88. The van der Waals surface area contributed by atoms with Crippen molar-refractivity contribution in [1.82, 2.24) is 19.4 Å². The zero-order valence-electron chi connectivity index (χ0n) is 13.4. The van der Waals surface area contributed by atoms with Crippen LogP contribution >= 0.6 is 0 Å². The molecule has 130 valence electrons. The van der Waals surface area contributed by atoms with Crippen LogP contribution in [0.15, 0.2) is 12.4 Å². The Bertz CT molecular complexity index is 630. The fourth-order valence-corrected chi connectivity index (χ4v) is 3.30. The Labute approximate surface area is 136 Å². The van der Waals surface area contributed by atoms with Crippen molar-refractivity contribution in [3.05, 3.63) is 12.4 Å². The standard InChI is InChI=1S/C13H23N5O4S/c1-22-7-6-18-10-12(8-14-18)15-13(19)17-5-3-4-11(9-17)16-23(2,20)21/h8,10-11,16H,3-7,9H2,1-2H3,(H,15,19)/t11-/m0/s1. The van der Waals surface area contributed by atoms with E-state index in [1.165, 1.54) is 0 Å². The third-order valence-corrected chi connectivity index (χ3v) is 4.26. The minimum Gasteiger partial charge on any atom is -0.383 e. The molecular weight excluding hydrogens is 322 g/mol. The number of piperidine rings is 1. The van der Waals surface area contributed by atoms with Crippen molar-refractivity contribution in [3.8, 4) is 0 Å². The van der Waals surface area contributed by atoms with Crippen LogP contribution in [0, 0.1) is 0 Å². The summed E-state index contributed by atoms with van der Waals surface area (Å²) in [4.78, 5) is 13.9. The molecule has 10 heteroatoms. The molecule has 0 unspecified atom stereocenters. The van der Waals surface area contributed by atoms with E-state index in [0.29, 0.717) is 31.9 Å². The van der Waals surface area contributed by atoms with E-state index in [1.807, 2.05) is 0 Å². The van der Waals surface area contributed by atoms with E-state index in [0.717, 1.165) is 19.1 Å². The molecular formula is C13H23N5O4S. The van der Waals surface area contributed by atoms with Gasteiger partial charge in [0.1, 0.15) is 0 Å². The molecule has 0 aliphatic carbocycles. The molecule has 1 aliphatic heterocycles. The molecule has 0 bridgehead atoms. The maximum Gasteiger partial charge on any atom is 0.321 e. The van der Waals surface area contributed by atoms with E-state index in [9.17, 15) is 13.2 Å². The number of urea groups is 1. The highest BCUT2D eigenvalue weighted by atomic mass is 32.2. The van der Waals surface area contributed by atoms with Gasteiger partial charge in [-0.05, 0) is 12.8 Å². The van der Waals surface area contributed by atoms with Gasteiger partial charge < -0.3 is 15.0 Å². The van der Waals surface area contributed by atoms with Gasteiger partial charge in [-0.25, -0.2) is 17.9 Å². The number of nitrogens with zero attached hydrogens (tertiary/aromatic N) is 3. The monoisotopic (exact) mass is 345 g/mol. The lowest BCUT2D eigenvalue weighted by Gasteiger charge is -2.32. The van der Waals surface area contributed by atoms with Gasteiger partial charge in [-0.1, -0.05) is 0 Å². The van der Waals surface area contributed by atoms with E-state index >= 15 is 0 Å². The van der Waals surface area contributed by atoms with E-state index in [1.54, 1.807) is 29.1 Å². The lowest BCUT2D eigenvalue weighted by molar-refractivity contribution is 0.183. The van der Waals surface area contributed by atoms with Crippen LogP contribution in [0.25, 0.3) is 0 Å². The number of hydrogen-bond donors (Lipinski definition) is 2. The van der Waals surface area contributed by atoms with Gasteiger partial charge in [0.25, 0.3) is 0 Å². The molecule has 0 spiro atoms. The molecule has 0 aromatic carbocycles. The first-order valence-electron chi connectivity index (χ1n) is 7.42. The molecule has 1 atom stereocenters. The third-order valence-electron chi connectivity index (χ3n) is 3.50. The number of methoxy groups -OCH3 is 1. The fraction of sp³-hybridized carbons (Fsp3) is 0.692. The fourth-order valence-electron chi connectivity index (χ4n) is 2.50. The van der Waals surface area contributed by atoms with Gasteiger partial charge in [-0.15, -0.1) is 0 Å². The summed E-state index contributed by atoms with van der Waals surface area (Å²) in [7, 11) is -1.66. The number of amides is 2. The molecule has 1 aromatic heterocycles. The van der Waals surface area contributed by atoms with Crippen LogP contribution in [0.4, 0.5) is 10.5 Å². The predicted octanol–water partition coefficient (Wildman–Crippen LogP) is 0.0750. The maximum atomic E-state index is 12.3. The second kappa shape index (κ2) is 7.75. The number of hydrogen-bond acceptors (Lipinski definition) is 5.